The van der Waals surface area contributed by atoms with Crippen LogP contribution in [0.3, 0.4) is 0 Å². The van der Waals surface area contributed by atoms with Crippen molar-refractivity contribution in [3.8, 4) is 11.5 Å². The summed E-state index contributed by atoms with van der Waals surface area (Å²) in [6.45, 7) is 2.07. The van der Waals surface area contributed by atoms with E-state index in [0.717, 1.165) is 19.3 Å². The molecule has 3 N–H and O–H groups in total. The molecule has 110 valence electrons. The van der Waals surface area contributed by atoms with Gasteiger partial charge in [-0.3, -0.25) is 4.79 Å². The molecular formula is C16H23NO3. The lowest BCUT2D eigenvalue weighted by Crippen LogP contribution is -2.40. The number of carbonyl (C=O) groups is 1. The summed E-state index contributed by atoms with van der Waals surface area (Å²) in [5.41, 5.74) is 0.138. The number of carbonyl (C=O) groups excluding carboxylic acids is 1. The first-order valence-corrected chi connectivity index (χ1v) is 7.44. The topological polar surface area (TPSA) is 69.6 Å². The Hall–Kier alpha value is -1.71. The number of rotatable bonds is 4. The third-order valence-corrected chi connectivity index (χ3v) is 4.20. The first kappa shape index (κ1) is 14.7. The van der Waals surface area contributed by atoms with Crippen LogP contribution in [0.2, 0.25) is 0 Å². The Labute approximate surface area is 119 Å². The number of amides is 1. The highest BCUT2D eigenvalue weighted by atomic mass is 16.3. The van der Waals surface area contributed by atoms with Gasteiger partial charge in [0.25, 0.3) is 5.91 Å². The monoisotopic (exact) mass is 277 g/mol. The third kappa shape index (κ3) is 3.44. The second-order valence-electron chi connectivity index (χ2n) is 5.59. The van der Waals surface area contributed by atoms with E-state index in [2.05, 4.69) is 12.2 Å². The van der Waals surface area contributed by atoms with Gasteiger partial charge < -0.3 is 15.5 Å². The van der Waals surface area contributed by atoms with E-state index in [4.69, 9.17) is 0 Å². The number of hydrogen-bond donors (Lipinski definition) is 3. The van der Waals surface area contributed by atoms with Gasteiger partial charge in [0.05, 0.1) is 5.56 Å². The Bertz CT molecular complexity index is 467. The molecule has 1 aliphatic rings. The molecule has 0 aromatic heterocycles. The summed E-state index contributed by atoms with van der Waals surface area (Å²) in [5, 5.41) is 22.2. The van der Waals surface area contributed by atoms with Gasteiger partial charge in [-0.1, -0.05) is 26.2 Å². The van der Waals surface area contributed by atoms with Crippen molar-refractivity contribution in [2.75, 3.05) is 0 Å². The number of nitrogens with one attached hydrogen (secondary N) is 1. The maximum Gasteiger partial charge on any atom is 0.255 e. The van der Waals surface area contributed by atoms with Gasteiger partial charge in [0.15, 0.2) is 0 Å². The van der Waals surface area contributed by atoms with Gasteiger partial charge in [-0.2, -0.15) is 0 Å². The zero-order valence-corrected chi connectivity index (χ0v) is 11.9. The minimum absolute atomic E-state index is 0.0151. The van der Waals surface area contributed by atoms with E-state index in [-0.39, 0.29) is 29.0 Å². The predicted molar refractivity (Wildman–Crippen MR) is 77.9 cm³/mol. The van der Waals surface area contributed by atoms with Gasteiger partial charge in [-0.15, -0.1) is 0 Å². The lowest BCUT2D eigenvalue weighted by Gasteiger charge is -2.30. The molecule has 20 heavy (non-hydrogen) atoms. The molecular weight excluding hydrogens is 254 g/mol. The highest BCUT2D eigenvalue weighted by Gasteiger charge is 2.24. The highest BCUT2D eigenvalue weighted by molar-refractivity contribution is 5.97. The second-order valence-corrected chi connectivity index (χ2v) is 5.59. The smallest absolute Gasteiger partial charge is 0.255 e. The zero-order chi connectivity index (χ0) is 14.5. The summed E-state index contributed by atoms with van der Waals surface area (Å²) >= 11 is 0. The second kappa shape index (κ2) is 6.64. The van der Waals surface area contributed by atoms with Crippen LogP contribution < -0.4 is 5.32 Å². The van der Waals surface area contributed by atoms with Crippen LogP contribution in [-0.2, 0) is 0 Å². The highest BCUT2D eigenvalue weighted by Crippen LogP contribution is 2.28. The number of benzene rings is 1. The fourth-order valence-corrected chi connectivity index (χ4v) is 3.04. The first-order valence-electron chi connectivity index (χ1n) is 7.44. The molecule has 1 atom stereocenters. The molecule has 0 bridgehead atoms. The Kier molecular flexibility index (Phi) is 4.88. The minimum Gasteiger partial charge on any atom is -0.508 e. The van der Waals surface area contributed by atoms with E-state index in [9.17, 15) is 15.0 Å². The SMILES string of the molecule is CCC(NC(=O)c1cc(O)ccc1O)C1CCCCC1. The van der Waals surface area contributed by atoms with Gasteiger partial charge in [0, 0.05) is 6.04 Å². The summed E-state index contributed by atoms with van der Waals surface area (Å²) in [6, 6.07) is 4.15. The summed E-state index contributed by atoms with van der Waals surface area (Å²) < 4.78 is 0. The first-order chi connectivity index (χ1) is 9.61. The molecule has 1 unspecified atom stereocenters. The van der Waals surface area contributed by atoms with E-state index in [0.29, 0.717) is 5.92 Å². The molecule has 0 heterocycles. The standard InChI is InChI=1S/C16H23NO3/c1-2-14(11-6-4-3-5-7-11)17-16(20)13-10-12(18)8-9-15(13)19/h8-11,14,18-19H,2-7H2,1H3,(H,17,20). The van der Waals surface area contributed by atoms with Crippen LogP contribution in [0, 0.1) is 5.92 Å². The van der Waals surface area contributed by atoms with Crippen LogP contribution in [0.1, 0.15) is 55.8 Å². The average molecular weight is 277 g/mol. The maximum atomic E-state index is 12.2. The van der Waals surface area contributed by atoms with Gasteiger partial charge in [-0.25, -0.2) is 0 Å². The third-order valence-electron chi connectivity index (χ3n) is 4.20. The molecule has 0 radical (unpaired) electrons. The molecule has 1 aromatic carbocycles. The number of phenolic OH excluding ortho intramolecular Hbond substituents is 2. The molecule has 0 spiro atoms. The van der Waals surface area contributed by atoms with Crippen molar-refractivity contribution in [3.63, 3.8) is 0 Å². The normalized spacial score (nSPS) is 17.6. The number of phenols is 2. The van der Waals surface area contributed by atoms with E-state index < -0.39 is 0 Å². The molecule has 0 saturated heterocycles. The van der Waals surface area contributed by atoms with Crippen LogP contribution in [0.5, 0.6) is 11.5 Å². The van der Waals surface area contributed by atoms with Gasteiger partial charge in [0.2, 0.25) is 0 Å². The van der Waals surface area contributed by atoms with E-state index in [1.54, 1.807) is 0 Å². The summed E-state index contributed by atoms with van der Waals surface area (Å²) in [5.74, 6) is 0.102. The van der Waals surface area contributed by atoms with Crippen molar-refractivity contribution in [3.05, 3.63) is 23.8 Å². The molecule has 1 aliphatic carbocycles. The van der Waals surface area contributed by atoms with Crippen molar-refractivity contribution in [1.82, 2.24) is 5.32 Å². The number of hydrogen-bond acceptors (Lipinski definition) is 3. The minimum atomic E-state index is -0.309. The lowest BCUT2D eigenvalue weighted by atomic mass is 9.83. The summed E-state index contributed by atoms with van der Waals surface area (Å²) in [6.07, 6.45) is 6.95. The fourth-order valence-electron chi connectivity index (χ4n) is 3.04. The molecule has 1 amide bonds. The largest absolute Gasteiger partial charge is 0.508 e. The van der Waals surface area contributed by atoms with Gasteiger partial charge in [-0.05, 0) is 43.4 Å². The average Bonchev–Trinajstić information content (AvgIpc) is 2.48. The Balaban J connectivity index is 2.06. The van der Waals surface area contributed by atoms with Gasteiger partial charge >= 0.3 is 0 Å². The van der Waals surface area contributed by atoms with Crippen molar-refractivity contribution < 1.29 is 15.0 Å². The van der Waals surface area contributed by atoms with E-state index >= 15 is 0 Å². The van der Waals surface area contributed by atoms with Gasteiger partial charge in [0.1, 0.15) is 11.5 Å². The Morgan fingerprint density at radius 2 is 2.00 bits per heavy atom. The molecule has 1 saturated carbocycles. The van der Waals surface area contributed by atoms with Crippen molar-refractivity contribution in [1.29, 1.82) is 0 Å². The van der Waals surface area contributed by atoms with Crippen LogP contribution in [0.25, 0.3) is 0 Å². The van der Waals surface area contributed by atoms with E-state index in [1.807, 2.05) is 0 Å². The quantitative estimate of drug-likeness (QED) is 0.740. The molecule has 1 fully saturated rings. The lowest BCUT2D eigenvalue weighted by molar-refractivity contribution is 0.0908. The van der Waals surface area contributed by atoms with Crippen LogP contribution in [0.15, 0.2) is 18.2 Å². The van der Waals surface area contributed by atoms with Crippen LogP contribution in [-0.4, -0.2) is 22.2 Å². The Morgan fingerprint density at radius 3 is 2.65 bits per heavy atom. The zero-order valence-electron chi connectivity index (χ0n) is 11.9. The summed E-state index contributed by atoms with van der Waals surface area (Å²) in [4.78, 5) is 12.2. The molecule has 2 rings (SSSR count). The van der Waals surface area contributed by atoms with Crippen molar-refractivity contribution in [2.24, 2.45) is 5.92 Å². The molecule has 4 nitrogen and oxygen atoms in total. The summed E-state index contributed by atoms with van der Waals surface area (Å²) in [7, 11) is 0. The van der Waals surface area contributed by atoms with E-state index in [1.165, 1.54) is 37.5 Å². The van der Waals surface area contributed by atoms with Crippen LogP contribution in [0.4, 0.5) is 0 Å². The van der Waals surface area contributed by atoms with Crippen LogP contribution >= 0.6 is 0 Å². The van der Waals surface area contributed by atoms with Crippen molar-refractivity contribution in [2.45, 2.75) is 51.5 Å². The molecule has 0 aliphatic heterocycles. The fraction of sp³-hybridized carbons (Fsp3) is 0.562. The Morgan fingerprint density at radius 1 is 1.30 bits per heavy atom. The van der Waals surface area contributed by atoms with Crippen molar-refractivity contribution >= 4 is 5.91 Å². The molecule has 1 aromatic rings. The predicted octanol–water partition coefficient (Wildman–Crippen LogP) is 3.19. The molecule has 4 heteroatoms. The number of aromatic hydroxyl groups is 2. The maximum absolute atomic E-state index is 12.2.